The molecule has 4 aromatic heterocycles. The quantitative estimate of drug-likeness (QED) is 0.166. The second kappa shape index (κ2) is 11.8. The van der Waals surface area contributed by atoms with Crippen LogP contribution in [0.3, 0.4) is 0 Å². The summed E-state index contributed by atoms with van der Waals surface area (Å²) in [4.78, 5) is 30.5. The molecule has 0 fully saturated rings. The maximum absolute atomic E-state index is 12.3. The first-order valence-corrected chi connectivity index (χ1v) is 16.8. The summed E-state index contributed by atoms with van der Waals surface area (Å²) in [5, 5.41) is 0. The fourth-order valence-electron chi connectivity index (χ4n) is 7.81. The molecule has 7 heteroatoms. The topological polar surface area (TPSA) is 87.5 Å². The van der Waals surface area contributed by atoms with E-state index >= 15 is 0 Å². The van der Waals surface area contributed by atoms with Gasteiger partial charge in [0.2, 0.25) is 5.70 Å². The third-order valence-electron chi connectivity index (χ3n) is 10.7. The van der Waals surface area contributed by atoms with Crippen LogP contribution in [0.2, 0.25) is 0 Å². The maximum Gasteiger partial charge on any atom is 0.305 e. The van der Waals surface area contributed by atoms with Gasteiger partial charge < -0.3 is 14.7 Å². The highest BCUT2D eigenvalue weighted by Gasteiger charge is 2.35. The number of pyridine rings is 1. The molecule has 7 rings (SSSR count). The number of aromatic nitrogens is 5. The molecule has 0 unspecified atom stereocenters. The van der Waals surface area contributed by atoms with Crippen LogP contribution in [0.1, 0.15) is 108 Å². The summed E-state index contributed by atoms with van der Waals surface area (Å²) in [5.41, 5.74) is 19.0. The van der Waals surface area contributed by atoms with Crippen LogP contribution in [0.15, 0.2) is 49.3 Å². The monoisotopic (exact) mass is 626 g/mol. The highest BCUT2D eigenvalue weighted by Crippen LogP contribution is 2.47. The molecule has 47 heavy (non-hydrogen) atoms. The maximum atomic E-state index is 12.3. The Hall–Kier alpha value is -4.78. The van der Waals surface area contributed by atoms with Crippen molar-refractivity contribution in [3.63, 3.8) is 0 Å². The normalized spacial score (nSPS) is 17.0. The second-order valence-electron chi connectivity index (χ2n) is 13.4. The first-order valence-electron chi connectivity index (χ1n) is 16.8. The van der Waals surface area contributed by atoms with E-state index in [-0.39, 0.29) is 17.8 Å². The second-order valence-corrected chi connectivity index (χ2v) is 13.4. The molecule has 0 saturated carbocycles. The Balaban J connectivity index is 1.57. The predicted octanol–water partition coefficient (Wildman–Crippen LogP) is 8.33. The van der Waals surface area contributed by atoms with Gasteiger partial charge in [0.1, 0.15) is 0 Å². The Morgan fingerprint density at radius 1 is 0.979 bits per heavy atom. The lowest BCUT2D eigenvalue weighted by atomic mass is 9.85. The zero-order valence-electron chi connectivity index (χ0n) is 28.6. The fourth-order valence-corrected chi connectivity index (χ4v) is 7.81. The van der Waals surface area contributed by atoms with E-state index in [0.717, 1.165) is 80.9 Å². The average molecular weight is 627 g/mol. The van der Waals surface area contributed by atoms with Crippen molar-refractivity contribution in [2.45, 2.75) is 85.5 Å². The third kappa shape index (κ3) is 5.13. The lowest BCUT2D eigenvalue weighted by Crippen LogP contribution is -2.31. The van der Waals surface area contributed by atoms with E-state index < -0.39 is 0 Å². The number of esters is 1. The summed E-state index contributed by atoms with van der Waals surface area (Å²) >= 11 is 0. The van der Waals surface area contributed by atoms with Gasteiger partial charge in [-0.15, -0.1) is 0 Å². The van der Waals surface area contributed by atoms with Crippen LogP contribution in [0.5, 0.6) is 0 Å². The highest BCUT2D eigenvalue weighted by molar-refractivity contribution is 5.95. The number of rotatable bonds is 6. The summed E-state index contributed by atoms with van der Waals surface area (Å²) in [6.07, 6.45) is 7.96. The molecule has 7 nitrogen and oxygen atoms in total. The Kier molecular flexibility index (Phi) is 7.74. The van der Waals surface area contributed by atoms with Crippen molar-refractivity contribution in [3.8, 4) is 0 Å². The Morgan fingerprint density at radius 2 is 1.70 bits per heavy atom. The zero-order chi connectivity index (χ0) is 33.1. The fraction of sp³-hybridized carbons (Fsp3) is 0.350. The van der Waals surface area contributed by atoms with Crippen LogP contribution in [-0.4, -0.2) is 33.0 Å². The molecule has 4 aromatic rings. The van der Waals surface area contributed by atoms with Crippen molar-refractivity contribution < 1.29 is 14.1 Å². The van der Waals surface area contributed by atoms with Gasteiger partial charge in [-0.2, -0.15) is 4.57 Å². The van der Waals surface area contributed by atoms with Crippen molar-refractivity contribution in [2.75, 3.05) is 7.11 Å². The number of carbonyl (C=O) groups excluding carboxylic acids is 1. The highest BCUT2D eigenvalue weighted by atomic mass is 16.5. The third-order valence-corrected chi connectivity index (χ3v) is 10.7. The minimum absolute atomic E-state index is 0.0974. The van der Waals surface area contributed by atoms with E-state index in [0.29, 0.717) is 12.8 Å². The number of hydrogen-bond donors (Lipinski definition) is 2. The number of ether oxygens (including phenoxy) is 1. The number of aryl methyl sites for hydroxylation is 4. The number of nitrogens with one attached hydrogen (secondary N) is 2. The lowest BCUT2D eigenvalue weighted by molar-refractivity contribution is -0.578. The molecule has 3 aliphatic rings. The summed E-state index contributed by atoms with van der Waals surface area (Å²) < 4.78 is 7.13. The van der Waals surface area contributed by atoms with E-state index in [1.54, 1.807) is 0 Å². The molecule has 2 atom stereocenters. The van der Waals surface area contributed by atoms with Gasteiger partial charge in [-0.05, 0) is 112 Å². The van der Waals surface area contributed by atoms with Crippen molar-refractivity contribution >= 4 is 44.9 Å². The number of carbonyl (C=O) groups is 1. The molecule has 1 aliphatic carbocycles. The van der Waals surface area contributed by atoms with Gasteiger partial charge in [0.25, 0.3) is 0 Å². The molecule has 0 radical (unpaired) electrons. The van der Waals surface area contributed by atoms with E-state index in [1.165, 1.54) is 40.5 Å². The van der Waals surface area contributed by atoms with Crippen LogP contribution in [0.4, 0.5) is 0 Å². The summed E-state index contributed by atoms with van der Waals surface area (Å²) in [7, 11) is 1.46. The molecule has 2 aliphatic heterocycles. The molecule has 2 N–H and O–H groups in total. The molecule has 6 heterocycles. The van der Waals surface area contributed by atoms with Crippen molar-refractivity contribution in [1.82, 2.24) is 19.9 Å². The van der Waals surface area contributed by atoms with Crippen molar-refractivity contribution in [2.24, 2.45) is 0 Å². The van der Waals surface area contributed by atoms with Crippen LogP contribution < -0.4 is 4.57 Å². The minimum atomic E-state index is -0.187. The van der Waals surface area contributed by atoms with Gasteiger partial charge in [0, 0.05) is 63.9 Å². The van der Waals surface area contributed by atoms with Crippen molar-refractivity contribution in [3.05, 3.63) is 105 Å². The lowest BCUT2D eigenvalue weighted by Gasteiger charge is -2.16. The van der Waals surface area contributed by atoms with E-state index in [9.17, 15) is 4.79 Å². The largest absolute Gasteiger partial charge is 0.469 e. The number of H-pyrrole nitrogens is 2. The standard InChI is InChI=1S/C40H44N5O2/c1-9-27-22(3)31-20-36-38(26(7)45-16-14-21(2)15-17-45)25(6)34(42-36)18-32-24(5)29(12-13-37(46)47-8)40(43-32)30-11-10-28-23(4)33(44-39(28)30)19-35(27)41-31/h14-20,24,29,41-42H,7,9-13H2,1-6,8H3/q+1/t24-,29-/m0/s1. The molecular weight excluding hydrogens is 582 g/mol. The van der Waals surface area contributed by atoms with Crippen LogP contribution in [0.25, 0.3) is 38.9 Å². The predicted molar refractivity (Wildman–Crippen MR) is 189 cm³/mol. The minimum Gasteiger partial charge on any atom is -0.469 e. The first-order chi connectivity index (χ1) is 22.6. The number of allylic oxidation sites excluding steroid dienone is 2. The zero-order valence-corrected chi connectivity index (χ0v) is 28.6. The van der Waals surface area contributed by atoms with E-state index in [4.69, 9.17) is 14.7 Å². The average Bonchev–Trinajstić information content (AvgIpc) is 3.83. The van der Waals surface area contributed by atoms with Gasteiger partial charge >= 0.3 is 5.97 Å². The van der Waals surface area contributed by atoms with E-state index in [2.05, 4.69) is 105 Å². The summed E-state index contributed by atoms with van der Waals surface area (Å²) in [6.45, 7) is 17.7. The molecule has 0 spiro atoms. The molecule has 0 amide bonds. The first kappa shape index (κ1) is 30.9. The molecule has 0 saturated heterocycles. The number of hydrogen-bond acceptors (Lipinski definition) is 4. The Bertz CT molecular complexity index is 2160. The number of methoxy groups -OCH3 is 1. The molecule has 0 aromatic carbocycles. The van der Waals surface area contributed by atoms with Gasteiger partial charge in [0.15, 0.2) is 12.4 Å². The number of fused-ring (bicyclic) bond motifs is 8. The number of nitrogens with zero attached hydrogens (tertiary/aromatic N) is 3. The van der Waals surface area contributed by atoms with Crippen molar-refractivity contribution in [1.29, 1.82) is 0 Å². The van der Waals surface area contributed by atoms with Gasteiger partial charge in [0.05, 0.1) is 29.6 Å². The summed E-state index contributed by atoms with van der Waals surface area (Å²) in [5.74, 6) is 0.0326. The van der Waals surface area contributed by atoms with Crippen LogP contribution in [0, 0.1) is 20.8 Å². The SMILES string of the molecule is C=C(c1c(C)c2cc3nc(c4c5nc(cc6[nH]c(cc1[nH]2)c(C)c6CC)C(C)=C5CC4)[C@@H](CCC(=O)OC)[C@@H]3C)[n+]1ccc(C)cc1. The van der Waals surface area contributed by atoms with Gasteiger partial charge in [-0.25, -0.2) is 4.98 Å². The van der Waals surface area contributed by atoms with Crippen LogP contribution in [-0.2, 0) is 22.4 Å². The van der Waals surface area contributed by atoms with Gasteiger partial charge in [-0.1, -0.05) is 13.8 Å². The number of aromatic amines is 2. The summed E-state index contributed by atoms with van der Waals surface area (Å²) in [6, 6.07) is 10.9. The molecule has 8 bridgehead atoms. The van der Waals surface area contributed by atoms with E-state index in [1.807, 2.05) is 0 Å². The van der Waals surface area contributed by atoms with Gasteiger partial charge in [-0.3, -0.25) is 9.78 Å². The smallest absolute Gasteiger partial charge is 0.305 e. The van der Waals surface area contributed by atoms with Crippen LogP contribution >= 0.6 is 0 Å². The molecule has 240 valence electrons. The molecular formula is C40H44N5O2+. The Labute approximate surface area is 276 Å². The Morgan fingerprint density at radius 3 is 2.43 bits per heavy atom.